The van der Waals surface area contributed by atoms with Crippen molar-refractivity contribution < 1.29 is 4.74 Å². The third-order valence-electron chi connectivity index (χ3n) is 5.36. The van der Waals surface area contributed by atoms with E-state index in [0.717, 1.165) is 24.6 Å². The molecule has 1 aromatic carbocycles. The lowest BCUT2D eigenvalue weighted by Gasteiger charge is -2.55. The zero-order valence-electron chi connectivity index (χ0n) is 14.6. The van der Waals surface area contributed by atoms with Gasteiger partial charge in [0.2, 0.25) is 0 Å². The molecule has 1 heterocycles. The van der Waals surface area contributed by atoms with Gasteiger partial charge < -0.3 is 15.0 Å². The molecule has 1 aliphatic heterocycles. The summed E-state index contributed by atoms with van der Waals surface area (Å²) in [5, 5.41) is 4.81. The van der Waals surface area contributed by atoms with E-state index in [2.05, 4.69) is 29.1 Å². The van der Waals surface area contributed by atoms with E-state index in [1.165, 1.54) is 0 Å². The Morgan fingerprint density at radius 3 is 2.79 bits per heavy atom. The van der Waals surface area contributed by atoms with Crippen LogP contribution in [0.15, 0.2) is 23.2 Å². The summed E-state index contributed by atoms with van der Waals surface area (Å²) in [5.74, 6) is 1.47. The summed E-state index contributed by atoms with van der Waals surface area (Å²) in [5.41, 5.74) is 1.23. The zero-order chi connectivity index (χ0) is 17.5. The molecule has 3 atom stereocenters. The molecule has 0 aromatic heterocycles. The van der Waals surface area contributed by atoms with Crippen LogP contribution in [0, 0.1) is 11.3 Å². The molecule has 3 unspecified atom stereocenters. The van der Waals surface area contributed by atoms with Crippen LogP contribution in [0.1, 0.15) is 25.8 Å². The first kappa shape index (κ1) is 17.8. The summed E-state index contributed by atoms with van der Waals surface area (Å²) in [6.07, 6.45) is 1.49. The van der Waals surface area contributed by atoms with E-state index in [4.69, 9.17) is 27.9 Å². The molecule has 3 rings (SSSR count). The van der Waals surface area contributed by atoms with Gasteiger partial charge >= 0.3 is 0 Å². The van der Waals surface area contributed by atoms with Crippen LogP contribution in [0.25, 0.3) is 0 Å². The Balaban J connectivity index is 1.66. The smallest absolute Gasteiger partial charge is 0.193 e. The molecule has 4 nitrogen and oxygen atoms in total. The van der Waals surface area contributed by atoms with Gasteiger partial charge in [-0.05, 0) is 24.1 Å². The van der Waals surface area contributed by atoms with Gasteiger partial charge in [0.05, 0.1) is 16.1 Å². The summed E-state index contributed by atoms with van der Waals surface area (Å²) >= 11 is 12.1. The predicted molar refractivity (Wildman–Crippen MR) is 99.8 cm³/mol. The average Bonchev–Trinajstić information content (AvgIpc) is 2.98. The molecule has 0 radical (unpaired) electrons. The molecule has 132 valence electrons. The highest BCUT2D eigenvalue weighted by molar-refractivity contribution is 6.42. The molecule has 6 heteroatoms. The first-order chi connectivity index (χ1) is 11.3. The Kier molecular flexibility index (Phi) is 5.01. The Bertz CT molecular complexity index is 647. The quantitative estimate of drug-likeness (QED) is 0.649. The maximum Gasteiger partial charge on any atom is 0.193 e. The number of aliphatic imine (C=N–C) groups is 1. The van der Waals surface area contributed by atoms with Crippen molar-refractivity contribution in [1.29, 1.82) is 0 Å². The molecule has 1 saturated carbocycles. The predicted octanol–water partition coefficient (Wildman–Crippen LogP) is 3.81. The lowest BCUT2D eigenvalue weighted by atomic mass is 9.57. The molecule has 2 aliphatic rings. The van der Waals surface area contributed by atoms with Crippen molar-refractivity contribution in [3.05, 3.63) is 33.8 Å². The molecule has 0 spiro atoms. The van der Waals surface area contributed by atoms with E-state index in [0.29, 0.717) is 34.7 Å². The first-order valence-electron chi connectivity index (χ1n) is 8.34. The second kappa shape index (κ2) is 6.74. The number of fused-ring (bicyclic) bond motifs is 1. The second-order valence-electron chi connectivity index (χ2n) is 7.34. The highest BCUT2D eigenvalue weighted by Gasteiger charge is 2.59. The summed E-state index contributed by atoms with van der Waals surface area (Å²) in [4.78, 5) is 6.57. The largest absolute Gasteiger partial charge is 0.377 e. The Morgan fingerprint density at radius 2 is 2.12 bits per heavy atom. The zero-order valence-corrected chi connectivity index (χ0v) is 16.2. The van der Waals surface area contributed by atoms with Gasteiger partial charge in [-0.2, -0.15) is 0 Å². The van der Waals surface area contributed by atoms with Crippen LogP contribution < -0.4 is 5.32 Å². The first-order valence-corrected chi connectivity index (χ1v) is 9.10. The fourth-order valence-electron chi connectivity index (χ4n) is 4.09. The van der Waals surface area contributed by atoms with E-state index in [-0.39, 0.29) is 5.41 Å². The Morgan fingerprint density at radius 1 is 1.38 bits per heavy atom. The SMILES string of the molecule is CN=C(NC1C2CCOC2C1(C)C)N(C)Cc1ccc(Cl)c(Cl)c1. The molecule has 2 fully saturated rings. The van der Waals surface area contributed by atoms with Crippen molar-refractivity contribution in [2.75, 3.05) is 20.7 Å². The summed E-state index contributed by atoms with van der Waals surface area (Å²) in [6.45, 7) is 6.12. The van der Waals surface area contributed by atoms with Crippen molar-refractivity contribution in [3.8, 4) is 0 Å². The van der Waals surface area contributed by atoms with Gasteiger partial charge in [-0.3, -0.25) is 4.99 Å². The molecule has 0 amide bonds. The molecule has 1 aliphatic carbocycles. The minimum Gasteiger partial charge on any atom is -0.377 e. The van der Waals surface area contributed by atoms with Crippen LogP contribution in [0.3, 0.4) is 0 Å². The number of ether oxygens (including phenoxy) is 1. The van der Waals surface area contributed by atoms with Gasteiger partial charge in [0.1, 0.15) is 0 Å². The third kappa shape index (κ3) is 3.12. The van der Waals surface area contributed by atoms with Crippen LogP contribution in [-0.2, 0) is 11.3 Å². The lowest BCUT2D eigenvalue weighted by Crippen LogP contribution is -2.67. The van der Waals surface area contributed by atoms with Gasteiger partial charge in [0.25, 0.3) is 0 Å². The van der Waals surface area contributed by atoms with Crippen LogP contribution in [-0.4, -0.2) is 43.7 Å². The van der Waals surface area contributed by atoms with Crippen molar-refractivity contribution in [2.24, 2.45) is 16.3 Å². The fourth-order valence-corrected chi connectivity index (χ4v) is 4.41. The minimum atomic E-state index is 0.127. The monoisotopic (exact) mass is 369 g/mol. The second-order valence-corrected chi connectivity index (χ2v) is 8.15. The van der Waals surface area contributed by atoms with Gasteiger partial charge in [-0.25, -0.2) is 0 Å². The maximum atomic E-state index is 6.11. The maximum absolute atomic E-state index is 6.11. The number of guanidine groups is 1. The molecular formula is C18H25Cl2N3O. The topological polar surface area (TPSA) is 36.9 Å². The van der Waals surface area contributed by atoms with Gasteiger partial charge in [0.15, 0.2) is 5.96 Å². The fraction of sp³-hybridized carbons (Fsp3) is 0.611. The number of rotatable bonds is 3. The number of benzene rings is 1. The van der Waals surface area contributed by atoms with Gasteiger partial charge in [-0.1, -0.05) is 43.1 Å². The highest BCUT2D eigenvalue weighted by Crippen LogP contribution is 2.52. The van der Waals surface area contributed by atoms with Crippen LogP contribution in [0.5, 0.6) is 0 Å². The number of nitrogens with zero attached hydrogens (tertiary/aromatic N) is 2. The minimum absolute atomic E-state index is 0.127. The van der Waals surface area contributed by atoms with Crippen molar-refractivity contribution in [1.82, 2.24) is 10.2 Å². The Hall–Kier alpha value is -0.970. The number of hydrogen-bond acceptors (Lipinski definition) is 2. The summed E-state index contributed by atoms with van der Waals surface area (Å²) in [6, 6.07) is 6.12. The molecule has 1 N–H and O–H groups in total. The lowest BCUT2D eigenvalue weighted by molar-refractivity contribution is -0.107. The van der Waals surface area contributed by atoms with Crippen LogP contribution in [0.4, 0.5) is 0 Å². The van der Waals surface area contributed by atoms with Crippen molar-refractivity contribution in [3.63, 3.8) is 0 Å². The Labute approximate surface area is 154 Å². The van der Waals surface area contributed by atoms with E-state index >= 15 is 0 Å². The summed E-state index contributed by atoms with van der Waals surface area (Å²) in [7, 11) is 3.86. The van der Waals surface area contributed by atoms with E-state index in [9.17, 15) is 0 Å². The molecular weight excluding hydrogens is 345 g/mol. The molecule has 24 heavy (non-hydrogen) atoms. The van der Waals surface area contributed by atoms with Crippen molar-refractivity contribution in [2.45, 2.75) is 39.0 Å². The highest BCUT2D eigenvalue weighted by atomic mass is 35.5. The van der Waals surface area contributed by atoms with E-state index in [1.54, 1.807) is 0 Å². The van der Waals surface area contributed by atoms with E-state index < -0.39 is 0 Å². The number of nitrogens with one attached hydrogen (secondary N) is 1. The van der Waals surface area contributed by atoms with Crippen LogP contribution >= 0.6 is 23.2 Å². The number of halogens is 2. The molecule has 1 aromatic rings. The standard InChI is InChI=1S/C18H25Cl2N3O/c1-18(2)15(12-7-8-24-16(12)18)22-17(21-3)23(4)10-11-5-6-13(19)14(20)9-11/h5-6,9,12,15-16H,7-8,10H2,1-4H3,(H,21,22). The number of hydrogen-bond donors (Lipinski definition) is 1. The average molecular weight is 370 g/mol. The normalized spacial score (nSPS) is 28.2. The molecule has 1 saturated heterocycles. The van der Waals surface area contributed by atoms with Crippen LogP contribution in [0.2, 0.25) is 10.0 Å². The summed E-state index contributed by atoms with van der Waals surface area (Å²) < 4.78 is 5.87. The van der Waals surface area contributed by atoms with Gasteiger partial charge in [-0.15, -0.1) is 0 Å². The third-order valence-corrected chi connectivity index (χ3v) is 6.10. The van der Waals surface area contributed by atoms with Gasteiger partial charge in [0, 0.05) is 44.6 Å². The van der Waals surface area contributed by atoms with Crippen molar-refractivity contribution >= 4 is 29.2 Å². The molecule has 0 bridgehead atoms. The van der Waals surface area contributed by atoms with E-state index in [1.807, 2.05) is 32.3 Å².